The van der Waals surface area contributed by atoms with Crippen molar-refractivity contribution in [3.05, 3.63) is 33.9 Å². The fraction of sp³-hybridized carbons (Fsp3) is 0.611. The number of carbonyl (C=O) groups excluding carboxylic acids is 1. The van der Waals surface area contributed by atoms with E-state index in [0.29, 0.717) is 12.5 Å². The molecule has 0 spiro atoms. The van der Waals surface area contributed by atoms with Gasteiger partial charge in [-0.25, -0.2) is 8.42 Å². The Balaban J connectivity index is 2.17. The van der Waals surface area contributed by atoms with Gasteiger partial charge in [0.25, 0.3) is 11.6 Å². The van der Waals surface area contributed by atoms with Crippen LogP contribution in [0.15, 0.2) is 23.1 Å². The lowest BCUT2D eigenvalue weighted by atomic mass is 9.93. The zero-order valence-electron chi connectivity index (χ0n) is 16.2. The van der Waals surface area contributed by atoms with Crippen molar-refractivity contribution < 1.29 is 18.1 Å². The molecule has 2 rings (SSSR count). The van der Waals surface area contributed by atoms with Crippen molar-refractivity contribution in [1.29, 1.82) is 0 Å². The number of sulfone groups is 1. The molecule has 1 atom stereocenters. The van der Waals surface area contributed by atoms with Crippen molar-refractivity contribution in [2.75, 3.05) is 25.9 Å². The summed E-state index contributed by atoms with van der Waals surface area (Å²) in [4.78, 5) is 25.0. The Hall–Kier alpha value is -2.00. The van der Waals surface area contributed by atoms with Crippen LogP contribution >= 0.6 is 0 Å². The van der Waals surface area contributed by atoms with Gasteiger partial charge in [0.05, 0.1) is 9.82 Å². The molecule has 8 nitrogen and oxygen atoms in total. The highest BCUT2D eigenvalue weighted by Crippen LogP contribution is 2.24. The monoisotopic (exact) mass is 397 g/mol. The molecular formula is C18H27N3O5S. The number of hydrogen-bond donors (Lipinski definition) is 1. The number of nitrogens with zero attached hydrogens (tertiary/aromatic N) is 2. The topological polar surface area (TPSA) is 110 Å². The van der Waals surface area contributed by atoms with Crippen molar-refractivity contribution in [3.63, 3.8) is 0 Å². The minimum Gasteiger partial charge on any atom is -0.350 e. The highest BCUT2D eigenvalue weighted by molar-refractivity contribution is 7.90. The third-order valence-electron chi connectivity index (χ3n) is 4.99. The molecule has 1 aliphatic rings. The van der Waals surface area contributed by atoms with Gasteiger partial charge in [-0.3, -0.25) is 19.8 Å². The summed E-state index contributed by atoms with van der Waals surface area (Å²) in [5.74, 6) is 0.0737. The summed E-state index contributed by atoms with van der Waals surface area (Å²) in [7, 11) is -3.67. The highest BCUT2D eigenvalue weighted by atomic mass is 32.2. The van der Waals surface area contributed by atoms with Crippen molar-refractivity contribution in [2.45, 2.75) is 44.0 Å². The maximum Gasteiger partial charge on any atom is 0.271 e. The van der Waals surface area contributed by atoms with E-state index in [9.17, 15) is 23.3 Å². The van der Waals surface area contributed by atoms with Crippen molar-refractivity contribution in [1.82, 2.24) is 10.2 Å². The molecule has 0 bridgehead atoms. The highest BCUT2D eigenvalue weighted by Gasteiger charge is 2.30. The molecule has 0 radical (unpaired) electrons. The number of hydrogen-bond acceptors (Lipinski definition) is 6. The number of non-ortho nitro benzene ring substituents is 1. The minimum absolute atomic E-state index is 0.0348. The molecule has 1 aromatic rings. The molecule has 0 aliphatic carbocycles. The lowest BCUT2D eigenvalue weighted by Gasteiger charge is -2.43. The van der Waals surface area contributed by atoms with E-state index < -0.39 is 26.4 Å². The summed E-state index contributed by atoms with van der Waals surface area (Å²) in [6, 6.07) is 3.23. The first-order valence-electron chi connectivity index (χ1n) is 8.93. The van der Waals surface area contributed by atoms with E-state index in [0.717, 1.165) is 37.9 Å². The molecule has 27 heavy (non-hydrogen) atoms. The number of nitro benzene ring substituents is 1. The number of nitrogens with one attached hydrogen (secondary N) is 1. The zero-order chi connectivity index (χ0) is 20.4. The Labute approximate surface area is 160 Å². The van der Waals surface area contributed by atoms with Crippen LogP contribution in [0.1, 0.15) is 44.0 Å². The van der Waals surface area contributed by atoms with Crippen LogP contribution in [0.5, 0.6) is 0 Å². The zero-order valence-corrected chi connectivity index (χ0v) is 17.0. The maximum absolute atomic E-state index is 12.5. The largest absolute Gasteiger partial charge is 0.350 e. The van der Waals surface area contributed by atoms with Gasteiger partial charge in [-0.1, -0.05) is 6.92 Å². The predicted molar refractivity (Wildman–Crippen MR) is 103 cm³/mol. The quantitative estimate of drug-likeness (QED) is 0.582. The summed E-state index contributed by atoms with van der Waals surface area (Å²) in [5.41, 5.74) is -0.732. The predicted octanol–water partition coefficient (Wildman–Crippen LogP) is 2.24. The second-order valence-corrected chi connectivity index (χ2v) is 9.95. The molecule has 1 aromatic carbocycles. The Morgan fingerprint density at radius 3 is 2.59 bits per heavy atom. The normalized spacial score (nSPS) is 18.9. The van der Waals surface area contributed by atoms with Crippen LogP contribution in [0.2, 0.25) is 0 Å². The summed E-state index contributed by atoms with van der Waals surface area (Å²) in [6.45, 7) is 8.56. The molecule has 1 amide bonds. The van der Waals surface area contributed by atoms with Crippen LogP contribution in [-0.4, -0.2) is 55.6 Å². The fourth-order valence-corrected chi connectivity index (χ4v) is 3.96. The van der Waals surface area contributed by atoms with E-state index in [1.165, 1.54) is 12.5 Å². The van der Waals surface area contributed by atoms with Crippen LogP contribution in [-0.2, 0) is 9.84 Å². The molecule has 1 N–H and O–H groups in total. The van der Waals surface area contributed by atoms with E-state index in [1.54, 1.807) is 0 Å². The van der Waals surface area contributed by atoms with Gasteiger partial charge in [0.2, 0.25) is 0 Å². The second kappa shape index (κ2) is 7.93. The molecule has 1 saturated heterocycles. The van der Waals surface area contributed by atoms with E-state index in [1.807, 2.05) is 13.8 Å². The molecule has 1 aliphatic heterocycles. The van der Waals surface area contributed by atoms with Gasteiger partial charge in [0, 0.05) is 42.6 Å². The molecule has 0 aromatic heterocycles. The number of likely N-dealkylation sites (tertiary alicyclic amines) is 1. The average Bonchev–Trinajstić information content (AvgIpc) is 2.58. The van der Waals surface area contributed by atoms with Crippen molar-refractivity contribution >= 4 is 21.4 Å². The first kappa shape index (κ1) is 21.3. The third kappa shape index (κ3) is 5.49. The summed E-state index contributed by atoms with van der Waals surface area (Å²) < 4.78 is 23.6. The number of amides is 1. The summed E-state index contributed by atoms with van der Waals surface area (Å²) >= 11 is 0. The first-order chi connectivity index (χ1) is 12.4. The molecule has 0 saturated carbocycles. The lowest BCUT2D eigenvalue weighted by molar-refractivity contribution is -0.385. The molecule has 1 fully saturated rings. The molecule has 150 valence electrons. The van der Waals surface area contributed by atoms with E-state index in [-0.39, 0.29) is 16.0 Å². The van der Waals surface area contributed by atoms with Crippen LogP contribution in [0, 0.1) is 16.0 Å². The fourth-order valence-electron chi connectivity index (χ4n) is 3.28. The van der Waals surface area contributed by atoms with Gasteiger partial charge in [0.15, 0.2) is 9.84 Å². The number of rotatable bonds is 6. The Kier molecular flexibility index (Phi) is 6.26. The Bertz CT molecular complexity index is 835. The van der Waals surface area contributed by atoms with Crippen LogP contribution in [0.25, 0.3) is 0 Å². The van der Waals surface area contributed by atoms with Gasteiger partial charge in [0.1, 0.15) is 0 Å². The van der Waals surface area contributed by atoms with Crippen LogP contribution in [0.4, 0.5) is 5.69 Å². The smallest absolute Gasteiger partial charge is 0.271 e. The Morgan fingerprint density at radius 2 is 2.04 bits per heavy atom. The second-order valence-electron chi connectivity index (χ2n) is 7.93. The SMILES string of the molecule is CC1CCCN(C(C)(C)CNC(=O)c2cc([N+](=O)[O-])cc(S(C)(=O)=O)c2)C1. The number of benzene rings is 1. The van der Waals surface area contributed by atoms with Crippen molar-refractivity contribution in [2.24, 2.45) is 5.92 Å². The number of piperidine rings is 1. The molecule has 1 unspecified atom stereocenters. The van der Waals surface area contributed by atoms with Crippen LogP contribution < -0.4 is 5.32 Å². The first-order valence-corrected chi connectivity index (χ1v) is 10.8. The third-order valence-corrected chi connectivity index (χ3v) is 6.08. The van der Waals surface area contributed by atoms with E-state index in [2.05, 4.69) is 17.1 Å². The Morgan fingerprint density at radius 1 is 1.37 bits per heavy atom. The minimum atomic E-state index is -3.67. The lowest BCUT2D eigenvalue weighted by Crippen LogP contribution is -2.54. The van der Waals surface area contributed by atoms with Gasteiger partial charge >= 0.3 is 0 Å². The number of carbonyl (C=O) groups is 1. The molecular weight excluding hydrogens is 370 g/mol. The van der Waals surface area contributed by atoms with E-state index >= 15 is 0 Å². The maximum atomic E-state index is 12.5. The van der Waals surface area contributed by atoms with Gasteiger partial charge in [-0.15, -0.1) is 0 Å². The number of nitro groups is 1. The average molecular weight is 397 g/mol. The van der Waals surface area contributed by atoms with Crippen LogP contribution in [0.3, 0.4) is 0 Å². The van der Waals surface area contributed by atoms with E-state index in [4.69, 9.17) is 0 Å². The standard InChI is InChI=1S/C18H27N3O5S/c1-13-6-5-7-20(11-13)18(2,3)12-19-17(22)14-8-15(21(23)24)10-16(9-14)27(4,25)26/h8-10,13H,5-7,11-12H2,1-4H3,(H,19,22). The van der Waals surface area contributed by atoms with Gasteiger partial charge in [-0.2, -0.15) is 0 Å². The van der Waals surface area contributed by atoms with Crippen molar-refractivity contribution in [3.8, 4) is 0 Å². The molecule has 9 heteroatoms. The summed E-state index contributed by atoms with van der Waals surface area (Å²) in [5, 5.41) is 13.9. The van der Waals surface area contributed by atoms with Gasteiger partial charge < -0.3 is 5.32 Å². The molecule has 1 heterocycles. The van der Waals surface area contributed by atoms with Gasteiger partial charge in [-0.05, 0) is 45.2 Å². The summed E-state index contributed by atoms with van der Waals surface area (Å²) in [6.07, 6.45) is 3.26.